The number of nitrogens with two attached hydrogens (primary N) is 1. The summed E-state index contributed by atoms with van der Waals surface area (Å²) in [7, 11) is -3.72. The Kier molecular flexibility index (Phi) is 14.2. The minimum atomic E-state index is -3.72. The van der Waals surface area contributed by atoms with Crippen molar-refractivity contribution in [1.29, 1.82) is 0 Å². The van der Waals surface area contributed by atoms with E-state index in [1.165, 1.54) is 0 Å². The van der Waals surface area contributed by atoms with E-state index in [-0.39, 0.29) is 38.7 Å². The number of hydrogen-bond donors (Lipinski definition) is 2. The monoisotopic (exact) mass is 823 g/mol. The molecule has 3 N–H and O–H groups in total. The smallest absolute Gasteiger partial charge is 0.368 e. The number of carbonyl (C=O) groups is 2. The van der Waals surface area contributed by atoms with E-state index in [1.54, 1.807) is 40.1 Å². The highest BCUT2D eigenvalue weighted by Gasteiger charge is 2.45. The van der Waals surface area contributed by atoms with E-state index in [0.29, 0.717) is 30.6 Å². The van der Waals surface area contributed by atoms with Crippen molar-refractivity contribution in [2.45, 2.75) is 63.8 Å². The molecule has 6 aromatic carbocycles. The van der Waals surface area contributed by atoms with Crippen LogP contribution in [0.25, 0.3) is 0 Å². The van der Waals surface area contributed by atoms with Crippen molar-refractivity contribution < 1.29 is 33.0 Å². The maximum Gasteiger partial charge on any atom is 0.368 e. The number of carbonyl (C=O) groups excluding carboxylic acids is 2. The molecule has 3 atom stereocenters. The summed E-state index contributed by atoms with van der Waals surface area (Å²) >= 11 is 0. The normalized spacial score (nSPS) is 16.8. The fraction of sp³-hybridized carbons (Fsp3) is 0.224. The summed E-state index contributed by atoms with van der Waals surface area (Å²) in [5.74, 6) is -0.102. The third-order valence-corrected chi connectivity index (χ3v) is 12.2. The number of aryl methyl sites for hydroxylation is 1. The van der Waals surface area contributed by atoms with Crippen molar-refractivity contribution in [2.24, 2.45) is 5.73 Å². The van der Waals surface area contributed by atoms with Gasteiger partial charge in [-0.25, -0.2) is 4.79 Å². The lowest BCUT2D eigenvalue weighted by Crippen LogP contribution is -2.66. The zero-order valence-electron chi connectivity index (χ0n) is 33.4. The third-order valence-electron chi connectivity index (χ3n) is 10.7. The molecule has 0 aromatic heterocycles. The number of benzene rings is 6. The van der Waals surface area contributed by atoms with Crippen molar-refractivity contribution in [3.8, 4) is 5.75 Å². The van der Waals surface area contributed by atoms with Gasteiger partial charge in [0.15, 0.2) is 6.35 Å². The number of aliphatic hydroxyl groups excluding tert-OH is 1. The first-order valence-corrected chi connectivity index (χ1v) is 21.9. The molecule has 1 aliphatic rings. The Morgan fingerprint density at radius 3 is 1.67 bits per heavy atom. The first-order valence-electron chi connectivity index (χ1n) is 20.1. The van der Waals surface area contributed by atoms with Crippen LogP contribution in [0, 0.1) is 0 Å². The number of nitrogens with zero attached hydrogens (tertiary/aromatic N) is 2. The lowest BCUT2D eigenvalue weighted by molar-refractivity contribution is -0.0453. The minimum Gasteiger partial charge on any atom is -0.481 e. The molecule has 6 aromatic rings. The van der Waals surface area contributed by atoms with Crippen LogP contribution in [0.3, 0.4) is 0 Å². The molecule has 3 amide bonds. The second-order valence-electron chi connectivity index (χ2n) is 15.0. The van der Waals surface area contributed by atoms with E-state index in [9.17, 15) is 19.3 Å². The fourth-order valence-corrected chi connectivity index (χ4v) is 8.71. The molecule has 11 heteroatoms. The van der Waals surface area contributed by atoms with Gasteiger partial charge in [-0.3, -0.25) is 9.36 Å². The molecule has 7 rings (SSSR count). The maximum atomic E-state index is 14.9. The average Bonchev–Trinajstić information content (AvgIpc) is 3.29. The maximum absolute atomic E-state index is 14.9. The van der Waals surface area contributed by atoms with Crippen molar-refractivity contribution >= 4 is 19.5 Å². The van der Waals surface area contributed by atoms with E-state index in [1.807, 2.05) is 127 Å². The molecule has 0 saturated carbocycles. The van der Waals surface area contributed by atoms with E-state index < -0.39 is 31.7 Å². The summed E-state index contributed by atoms with van der Waals surface area (Å²) in [6.07, 6.45) is 0.430. The van der Waals surface area contributed by atoms with Crippen LogP contribution < -0.4 is 10.5 Å². The van der Waals surface area contributed by atoms with Crippen LogP contribution in [0.5, 0.6) is 5.75 Å². The summed E-state index contributed by atoms with van der Waals surface area (Å²) in [4.78, 5) is 30.5. The van der Waals surface area contributed by atoms with Crippen LogP contribution in [0.15, 0.2) is 170 Å². The van der Waals surface area contributed by atoms with Crippen molar-refractivity contribution in [3.63, 3.8) is 0 Å². The van der Waals surface area contributed by atoms with Gasteiger partial charge in [0.2, 0.25) is 5.91 Å². The fourth-order valence-electron chi connectivity index (χ4n) is 7.48. The minimum absolute atomic E-state index is 0.0934. The lowest BCUT2D eigenvalue weighted by Gasteiger charge is -2.49. The second-order valence-corrected chi connectivity index (χ2v) is 17.0. The molecule has 0 bridgehead atoms. The third kappa shape index (κ3) is 11.4. The quantitative estimate of drug-likeness (QED) is 0.0779. The topological polar surface area (TPSA) is 132 Å². The summed E-state index contributed by atoms with van der Waals surface area (Å²) in [6.45, 7) is 0.568. The summed E-state index contributed by atoms with van der Waals surface area (Å²) in [5.41, 5.74) is 11.3. The van der Waals surface area contributed by atoms with Gasteiger partial charge < -0.3 is 34.4 Å². The Bertz CT molecular complexity index is 2290. The molecule has 0 radical (unpaired) electrons. The molecule has 308 valence electrons. The highest BCUT2D eigenvalue weighted by atomic mass is 31.2. The van der Waals surface area contributed by atoms with Crippen molar-refractivity contribution in [1.82, 2.24) is 9.80 Å². The van der Waals surface area contributed by atoms with Gasteiger partial charge in [0, 0.05) is 18.7 Å². The number of hydrogen-bond acceptors (Lipinski definition) is 7. The lowest BCUT2D eigenvalue weighted by atomic mass is 9.88. The zero-order chi connectivity index (χ0) is 41.7. The Morgan fingerprint density at radius 1 is 0.600 bits per heavy atom. The summed E-state index contributed by atoms with van der Waals surface area (Å²) in [6, 6.07) is 51.8. The van der Waals surface area contributed by atoms with Gasteiger partial charge in [-0.2, -0.15) is 0 Å². The SMILES string of the molecule is NC(=O)c1cccc(CN2C(=O)N(Cc3ccc(OCP(=O)(OCc4ccccc4)OCc4ccccc4)cc3)C(CCc3ccccc3)C(O)C2Cc2ccccc2)c1. The Labute approximate surface area is 351 Å². The van der Waals surface area contributed by atoms with Crippen LogP contribution in [-0.4, -0.2) is 51.4 Å². The Hall–Kier alpha value is -6.03. The first kappa shape index (κ1) is 42.1. The van der Waals surface area contributed by atoms with Crippen molar-refractivity contribution in [2.75, 3.05) is 6.35 Å². The van der Waals surface area contributed by atoms with Crippen molar-refractivity contribution in [3.05, 3.63) is 209 Å². The number of primary amides is 1. The highest BCUT2D eigenvalue weighted by molar-refractivity contribution is 7.53. The van der Waals surface area contributed by atoms with Gasteiger partial charge in [0.25, 0.3) is 0 Å². The average molecular weight is 824 g/mol. The molecular formula is C49H50N3O7P. The molecule has 1 heterocycles. The molecule has 1 fully saturated rings. The molecule has 60 heavy (non-hydrogen) atoms. The predicted molar refractivity (Wildman–Crippen MR) is 232 cm³/mol. The summed E-state index contributed by atoms with van der Waals surface area (Å²) in [5, 5.41) is 12.4. The van der Waals surface area contributed by atoms with Gasteiger partial charge in [0.1, 0.15) is 5.75 Å². The Balaban J connectivity index is 1.11. The van der Waals surface area contributed by atoms with Crippen LogP contribution in [0.2, 0.25) is 0 Å². The van der Waals surface area contributed by atoms with E-state index in [0.717, 1.165) is 33.4 Å². The standard InChI is InChI=1S/C49H50N3O7P/c50-48(54)43-23-13-22-42(30-43)33-52-46(31-38-16-7-2-8-17-38)47(53)45(29-26-37-14-5-1-6-15-37)51(49(52)55)32-39-24-27-44(28-25-39)57-36-60(56,58-34-40-18-9-3-10-19-40)59-35-41-20-11-4-12-21-41/h1-25,27-28,30,45-47,53H,26,29,31-36H2,(H2,50,54). The largest absolute Gasteiger partial charge is 0.481 e. The number of rotatable bonds is 19. The van der Waals surface area contributed by atoms with E-state index >= 15 is 0 Å². The van der Waals surface area contributed by atoms with Gasteiger partial charge in [0.05, 0.1) is 31.4 Å². The molecule has 1 saturated heterocycles. The number of urea groups is 1. The first-order chi connectivity index (χ1) is 29.2. The second kappa shape index (κ2) is 20.3. The van der Waals surface area contributed by atoms with Crippen LogP contribution in [0.4, 0.5) is 4.79 Å². The van der Waals surface area contributed by atoms with Gasteiger partial charge in [-0.15, -0.1) is 0 Å². The molecule has 3 unspecified atom stereocenters. The van der Waals surface area contributed by atoms with E-state index in [2.05, 4.69) is 12.1 Å². The summed E-state index contributed by atoms with van der Waals surface area (Å²) < 4.78 is 31.9. The van der Waals surface area contributed by atoms with Crippen LogP contribution in [-0.2, 0) is 52.8 Å². The van der Waals surface area contributed by atoms with Gasteiger partial charge in [-0.05, 0) is 76.9 Å². The number of aliphatic hydroxyl groups is 1. The van der Waals surface area contributed by atoms with E-state index in [4.69, 9.17) is 19.5 Å². The number of ether oxygens (including phenoxy) is 1. The van der Waals surface area contributed by atoms with Gasteiger partial charge >= 0.3 is 13.6 Å². The Morgan fingerprint density at radius 2 is 1.10 bits per heavy atom. The van der Waals surface area contributed by atoms with Crippen LogP contribution >= 0.6 is 7.60 Å². The number of amides is 3. The zero-order valence-corrected chi connectivity index (χ0v) is 34.3. The van der Waals surface area contributed by atoms with Crippen LogP contribution in [0.1, 0.15) is 50.2 Å². The molecular weight excluding hydrogens is 774 g/mol. The molecule has 0 aliphatic carbocycles. The molecule has 1 aliphatic heterocycles. The van der Waals surface area contributed by atoms with Gasteiger partial charge in [-0.1, -0.05) is 146 Å². The predicted octanol–water partition coefficient (Wildman–Crippen LogP) is 9.16. The molecule has 0 spiro atoms. The molecule has 10 nitrogen and oxygen atoms in total. The highest BCUT2D eigenvalue weighted by Crippen LogP contribution is 2.50.